The van der Waals surface area contributed by atoms with Gasteiger partial charge >= 0.3 is 0 Å². The molecule has 3 heterocycles. The molecule has 0 unspecified atom stereocenters. The van der Waals surface area contributed by atoms with Gasteiger partial charge in [-0.25, -0.2) is 0 Å². The zero-order chi connectivity index (χ0) is 37.8. The number of hydrogen-bond donors (Lipinski definition) is 0. The van der Waals surface area contributed by atoms with Gasteiger partial charge in [-0.2, -0.15) is 0 Å². The Morgan fingerprint density at radius 2 is 0.807 bits per heavy atom. The molecule has 0 radical (unpaired) electrons. The van der Waals surface area contributed by atoms with Crippen molar-refractivity contribution >= 4 is 72.6 Å². The standard InChI is InChI=1S/C53H37N3Si/c1-4-18-40(19-5-1)57(41-20-6-2-7-21-41,42-22-8-3-9-23-42)53-35-32-38(37-54-53)43-24-10-14-28-48(43)56-51-31-17-13-27-46(51)47-36-39(33-34-52(47)56)55-49-29-15-11-25-44(49)45-26-12-16-30-50(45)55/h1-37H. The number of fused-ring (bicyclic) bond motifs is 6. The van der Waals surface area contributed by atoms with Gasteiger partial charge in [0, 0.05) is 49.9 Å². The molecule has 11 rings (SSSR count). The summed E-state index contributed by atoms with van der Waals surface area (Å²) in [5.74, 6) is 0. The van der Waals surface area contributed by atoms with Crippen LogP contribution in [0.4, 0.5) is 0 Å². The fourth-order valence-electron chi connectivity index (χ4n) is 9.26. The van der Waals surface area contributed by atoms with E-state index in [0.717, 1.165) is 27.8 Å². The Morgan fingerprint density at radius 3 is 1.35 bits per heavy atom. The zero-order valence-corrected chi connectivity index (χ0v) is 32.2. The van der Waals surface area contributed by atoms with Crippen LogP contribution in [0.3, 0.4) is 0 Å². The third-order valence-corrected chi connectivity index (χ3v) is 16.4. The van der Waals surface area contributed by atoms with Gasteiger partial charge in [-0.1, -0.05) is 170 Å². The predicted molar refractivity (Wildman–Crippen MR) is 242 cm³/mol. The summed E-state index contributed by atoms with van der Waals surface area (Å²) >= 11 is 0. The van der Waals surface area contributed by atoms with Gasteiger partial charge in [0.05, 0.1) is 27.8 Å². The van der Waals surface area contributed by atoms with Gasteiger partial charge in [-0.3, -0.25) is 4.98 Å². The lowest BCUT2D eigenvalue weighted by molar-refractivity contribution is 1.16. The van der Waals surface area contributed by atoms with Gasteiger partial charge in [-0.15, -0.1) is 0 Å². The Bertz CT molecular complexity index is 3070. The van der Waals surface area contributed by atoms with Crippen molar-refractivity contribution in [3.05, 3.63) is 225 Å². The average molecular weight is 744 g/mol. The van der Waals surface area contributed by atoms with E-state index in [1.165, 1.54) is 59.2 Å². The molecule has 0 N–H and O–H groups in total. The van der Waals surface area contributed by atoms with Crippen molar-refractivity contribution in [1.29, 1.82) is 0 Å². The molecule has 0 aliphatic heterocycles. The van der Waals surface area contributed by atoms with Crippen molar-refractivity contribution in [3.8, 4) is 22.5 Å². The van der Waals surface area contributed by atoms with E-state index in [4.69, 9.17) is 4.98 Å². The Balaban J connectivity index is 1.09. The third-order valence-electron chi connectivity index (χ3n) is 11.7. The normalized spacial score (nSPS) is 11.9. The SMILES string of the molecule is c1ccc([Si](c2ccccc2)(c2ccccc2)c2ccc(-c3ccccc3-n3c4ccccc4c4cc(-n5c6ccccc6c6ccccc65)ccc43)cn2)cc1. The van der Waals surface area contributed by atoms with E-state index in [2.05, 4.69) is 234 Å². The lowest BCUT2D eigenvalue weighted by Gasteiger charge is -2.33. The highest BCUT2D eigenvalue weighted by molar-refractivity contribution is 7.19. The smallest absolute Gasteiger partial charge is 0.201 e. The monoisotopic (exact) mass is 743 g/mol. The topological polar surface area (TPSA) is 22.8 Å². The largest absolute Gasteiger partial charge is 0.309 e. The molecule has 268 valence electrons. The lowest BCUT2D eigenvalue weighted by atomic mass is 10.1. The van der Waals surface area contributed by atoms with Crippen molar-refractivity contribution in [3.63, 3.8) is 0 Å². The maximum atomic E-state index is 5.44. The Labute approximate surface area is 332 Å². The summed E-state index contributed by atoms with van der Waals surface area (Å²) in [6.45, 7) is 0. The van der Waals surface area contributed by atoms with Crippen LogP contribution in [0.15, 0.2) is 225 Å². The van der Waals surface area contributed by atoms with E-state index in [1.807, 2.05) is 0 Å². The van der Waals surface area contributed by atoms with Crippen LogP contribution in [0.2, 0.25) is 0 Å². The van der Waals surface area contributed by atoms with Crippen molar-refractivity contribution in [2.24, 2.45) is 0 Å². The lowest BCUT2D eigenvalue weighted by Crippen LogP contribution is -2.75. The highest BCUT2D eigenvalue weighted by atomic mass is 28.3. The highest BCUT2D eigenvalue weighted by Gasteiger charge is 2.42. The molecule has 0 atom stereocenters. The van der Waals surface area contributed by atoms with Gasteiger partial charge < -0.3 is 9.13 Å². The first-order valence-corrected chi connectivity index (χ1v) is 21.6. The van der Waals surface area contributed by atoms with Crippen LogP contribution >= 0.6 is 0 Å². The van der Waals surface area contributed by atoms with Crippen LogP contribution in [0.5, 0.6) is 0 Å². The number of nitrogens with zero attached hydrogens (tertiary/aromatic N) is 3. The number of para-hydroxylation sites is 4. The van der Waals surface area contributed by atoms with E-state index in [1.54, 1.807) is 0 Å². The minimum absolute atomic E-state index is 1.08. The second-order valence-corrected chi connectivity index (χ2v) is 18.5. The fourth-order valence-corrected chi connectivity index (χ4v) is 13.8. The average Bonchev–Trinajstić information content (AvgIpc) is 3.81. The number of aromatic nitrogens is 3. The molecule has 4 heteroatoms. The summed E-state index contributed by atoms with van der Waals surface area (Å²) in [5.41, 5.74) is 9.26. The van der Waals surface area contributed by atoms with Crippen LogP contribution in [-0.4, -0.2) is 22.2 Å². The molecule has 0 aliphatic rings. The predicted octanol–water partition coefficient (Wildman–Crippen LogP) is 10.3. The Kier molecular flexibility index (Phi) is 7.83. The van der Waals surface area contributed by atoms with Crippen LogP contribution < -0.4 is 20.9 Å². The van der Waals surface area contributed by atoms with Crippen LogP contribution in [0.25, 0.3) is 66.1 Å². The third kappa shape index (κ3) is 5.15. The quantitative estimate of drug-likeness (QED) is 0.118. The van der Waals surface area contributed by atoms with Gasteiger partial charge in [-0.05, 0) is 64.1 Å². The maximum absolute atomic E-state index is 5.44. The molecule has 8 aromatic carbocycles. The first-order valence-electron chi connectivity index (χ1n) is 19.6. The Hall–Kier alpha value is -7.27. The summed E-state index contributed by atoms with van der Waals surface area (Å²) < 4.78 is 4.83. The van der Waals surface area contributed by atoms with Crippen molar-refractivity contribution in [1.82, 2.24) is 14.1 Å². The van der Waals surface area contributed by atoms with E-state index in [-0.39, 0.29) is 0 Å². The molecular formula is C53H37N3Si. The molecule has 0 saturated carbocycles. The summed E-state index contributed by atoms with van der Waals surface area (Å²) in [5, 5.41) is 10.0. The molecule has 0 bridgehead atoms. The maximum Gasteiger partial charge on any atom is 0.201 e. The molecule has 0 fully saturated rings. The number of rotatable bonds is 7. The van der Waals surface area contributed by atoms with E-state index in [9.17, 15) is 0 Å². The highest BCUT2D eigenvalue weighted by Crippen LogP contribution is 2.38. The summed E-state index contributed by atoms with van der Waals surface area (Å²) in [6.07, 6.45) is 2.10. The second kappa shape index (κ2) is 13.5. The molecule has 3 nitrogen and oxygen atoms in total. The van der Waals surface area contributed by atoms with E-state index >= 15 is 0 Å². The van der Waals surface area contributed by atoms with Crippen molar-refractivity contribution < 1.29 is 0 Å². The first-order chi connectivity index (χ1) is 28.3. The number of hydrogen-bond acceptors (Lipinski definition) is 1. The Morgan fingerprint density at radius 1 is 0.351 bits per heavy atom. The van der Waals surface area contributed by atoms with Crippen LogP contribution in [0.1, 0.15) is 0 Å². The molecule has 0 spiro atoms. The van der Waals surface area contributed by atoms with Gasteiger partial charge in [0.1, 0.15) is 0 Å². The zero-order valence-electron chi connectivity index (χ0n) is 31.2. The summed E-state index contributed by atoms with van der Waals surface area (Å²) in [4.78, 5) is 5.44. The molecular weight excluding hydrogens is 707 g/mol. The van der Waals surface area contributed by atoms with Crippen LogP contribution in [0, 0.1) is 0 Å². The van der Waals surface area contributed by atoms with Gasteiger partial charge in [0.15, 0.2) is 0 Å². The van der Waals surface area contributed by atoms with Gasteiger partial charge in [0.2, 0.25) is 8.07 Å². The number of pyridine rings is 1. The molecule has 3 aromatic heterocycles. The molecule has 0 amide bonds. The minimum Gasteiger partial charge on any atom is -0.309 e. The van der Waals surface area contributed by atoms with Crippen LogP contribution in [-0.2, 0) is 0 Å². The fraction of sp³-hybridized carbons (Fsp3) is 0. The molecule has 11 aromatic rings. The van der Waals surface area contributed by atoms with Gasteiger partial charge in [0.25, 0.3) is 0 Å². The first kappa shape index (κ1) is 33.1. The summed E-state index contributed by atoms with van der Waals surface area (Å²) in [6, 6.07) is 79.4. The molecule has 0 saturated heterocycles. The second-order valence-electron chi connectivity index (χ2n) is 14.7. The van der Waals surface area contributed by atoms with Crippen molar-refractivity contribution in [2.75, 3.05) is 0 Å². The van der Waals surface area contributed by atoms with E-state index < -0.39 is 8.07 Å². The van der Waals surface area contributed by atoms with E-state index in [0.29, 0.717) is 0 Å². The molecule has 0 aliphatic carbocycles. The van der Waals surface area contributed by atoms with Crippen molar-refractivity contribution in [2.45, 2.75) is 0 Å². The summed E-state index contributed by atoms with van der Waals surface area (Å²) in [7, 11) is -2.74. The molecule has 57 heavy (non-hydrogen) atoms. The minimum atomic E-state index is -2.74. The number of benzene rings is 8.